The van der Waals surface area contributed by atoms with Gasteiger partial charge in [0.25, 0.3) is 0 Å². The highest BCUT2D eigenvalue weighted by atomic mass is 16.5. The van der Waals surface area contributed by atoms with Crippen LogP contribution in [0.3, 0.4) is 0 Å². The highest BCUT2D eigenvalue weighted by Gasteiger charge is 2.14. The van der Waals surface area contributed by atoms with Crippen LogP contribution in [0.2, 0.25) is 0 Å². The maximum absolute atomic E-state index is 11.1. The van der Waals surface area contributed by atoms with E-state index in [4.69, 9.17) is 15.1 Å². The maximum Gasteiger partial charge on any atom is 0.339 e. The van der Waals surface area contributed by atoms with Crippen LogP contribution in [-0.4, -0.2) is 16.1 Å². The van der Waals surface area contributed by atoms with Gasteiger partial charge in [-0.1, -0.05) is 0 Å². The molecule has 0 atom stereocenters. The Labute approximate surface area is 116 Å². The summed E-state index contributed by atoms with van der Waals surface area (Å²) in [7, 11) is 0. The van der Waals surface area contributed by atoms with Gasteiger partial charge >= 0.3 is 5.97 Å². The molecule has 5 heteroatoms. The van der Waals surface area contributed by atoms with Gasteiger partial charge in [0.15, 0.2) is 5.75 Å². The molecule has 0 aliphatic heterocycles. The van der Waals surface area contributed by atoms with E-state index in [0.717, 1.165) is 11.1 Å². The lowest BCUT2D eigenvalue weighted by atomic mass is 10.1. The maximum atomic E-state index is 11.1. The van der Waals surface area contributed by atoms with Gasteiger partial charge in [-0.3, -0.25) is 4.98 Å². The van der Waals surface area contributed by atoms with Crippen LogP contribution in [0.25, 0.3) is 0 Å². The summed E-state index contributed by atoms with van der Waals surface area (Å²) in [6.07, 6.45) is 2.76. The molecule has 0 saturated carbocycles. The summed E-state index contributed by atoms with van der Waals surface area (Å²) in [5.74, 6) is -0.359. The molecule has 0 radical (unpaired) electrons. The highest BCUT2D eigenvalue weighted by Crippen LogP contribution is 2.31. The molecule has 5 nitrogen and oxygen atoms in total. The molecule has 1 N–H and O–H groups in total. The van der Waals surface area contributed by atoms with Crippen molar-refractivity contribution in [3.8, 4) is 17.6 Å². The molecule has 0 aliphatic carbocycles. The number of nitriles is 1. The second-order valence-electron chi connectivity index (χ2n) is 4.33. The van der Waals surface area contributed by atoms with Crippen molar-refractivity contribution >= 4 is 5.97 Å². The number of rotatable bonds is 3. The van der Waals surface area contributed by atoms with Crippen molar-refractivity contribution in [2.75, 3.05) is 0 Å². The number of nitrogens with zero attached hydrogens (tertiary/aromatic N) is 2. The van der Waals surface area contributed by atoms with Crippen LogP contribution < -0.4 is 4.74 Å². The molecule has 20 heavy (non-hydrogen) atoms. The van der Waals surface area contributed by atoms with Crippen molar-refractivity contribution in [3.63, 3.8) is 0 Å². The average molecular weight is 268 g/mol. The first kappa shape index (κ1) is 13.6. The minimum atomic E-state index is -1.08. The highest BCUT2D eigenvalue weighted by molar-refractivity contribution is 5.90. The first-order valence-corrected chi connectivity index (χ1v) is 5.89. The monoisotopic (exact) mass is 268 g/mol. The molecular weight excluding hydrogens is 256 g/mol. The minimum absolute atomic E-state index is 0.0446. The van der Waals surface area contributed by atoms with Gasteiger partial charge in [-0.15, -0.1) is 0 Å². The molecule has 0 aliphatic rings. The van der Waals surface area contributed by atoms with Crippen molar-refractivity contribution in [1.82, 2.24) is 4.98 Å². The molecule has 2 aromatic rings. The van der Waals surface area contributed by atoms with E-state index in [9.17, 15) is 4.79 Å². The lowest BCUT2D eigenvalue weighted by molar-refractivity contribution is 0.0694. The Hall–Kier alpha value is -2.87. The van der Waals surface area contributed by atoms with E-state index in [2.05, 4.69) is 11.1 Å². The number of aromatic nitrogens is 1. The van der Waals surface area contributed by atoms with Crippen LogP contribution in [0.4, 0.5) is 0 Å². The molecule has 0 amide bonds. The molecular formula is C15H12N2O3. The lowest BCUT2D eigenvalue weighted by Crippen LogP contribution is -2.02. The predicted octanol–water partition coefficient (Wildman–Crippen LogP) is 3.06. The number of pyridine rings is 1. The fourth-order valence-corrected chi connectivity index (χ4v) is 1.92. The van der Waals surface area contributed by atoms with Crippen molar-refractivity contribution in [2.45, 2.75) is 13.8 Å². The minimum Gasteiger partial charge on any atom is -0.478 e. The quantitative estimate of drug-likeness (QED) is 0.924. The number of carbonyl (C=O) groups is 1. The van der Waals surface area contributed by atoms with E-state index in [1.807, 2.05) is 0 Å². The van der Waals surface area contributed by atoms with E-state index in [0.29, 0.717) is 11.3 Å². The first-order chi connectivity index (χ1) is 9.52. The van der Waals surface area contributed by atoms with Crippen LogP contribution in [-0.2, 0) is 0 Å². The molecule has 0 spiro atoms. The van der Waals surface area contributed by atoms with E-state index in [-0.39, 0.29) is 11.3 Å². The molecule has 0 saturated heterocycles. The number of aromatic carboxylic acids is 1. The number of aryl methyl sites for hydroxylation is 2. The standard InChI is InChI=1S/C15H12N2O3/c1-9-5-11(7-16)6-10(2)14(9)20-13-8-17-4-3-12(13)15(18)19/h3-6,8H,1-2H3,(H,18,19). The molecule has 0 bridgehead atoms. The van der Waals surface area contributed by atoms with Gasteiger partial charge in [0.05, 0.1) is 17.8 Å². The van der Waals surface area contributed by atoms with Gasteiger partial charge < -0.3 is 9.84 Å². The van der Waals surface area contributed by atoms with Gasteiger partial charge in [0, 0.05) is 6.20 Å². The van der Waals surface area contributed by atoms with Crippen LogP contribution in [0.5, 0.6) is 11.5 Å². The summed E-state index contributed by atoms with van der Waals surface area (Å²) < 4.78 is 5.68. The molecule has 0 fully saturated rings. The topological polar surface area (TPSA) is 83.2 Å². The average Bonchev–Trinajstić information content (AvgIpc) is 2.42. The fraction of sp³-hybridized carbons (Fsp3) is 0.133. The molecule has 0 unspecified atom stereocenters. The van der Waals surface area contributed by atoms with E-state index in [1.165, 1.54) is 18.5 Å². The van der Waals surface area contributed by atoms with Crippen LogP contribution in [0.1, 0.15) is 27.0 Å². The Bertz CT molecular complexity index is 694. The molecule has 1 aromatic heterocycles. The van der Waals surface area contributed by atoms with Crippen molar-refractivity contribution < 1.29 is 14.6 Å². The third-order valence-electron chi connectivity index (χ3n) is 2.82. The first-order valence-electron chi connectivity index (χ1n) is 5.89. The number of benzene rings is 1. The van der Waals surface area contributed by atoms with Crippen LogP contribution >= 0.6 is 0 Å². The summed E-state index contributed by atoms with van der Waals surface area (Å²) in [5, 5.41) is 18.0. The van der Waals surface area contributed by atoms with E-state index >= 15 is 0 Å². The second kappa shape index (κ2) is 5.41. The van der Waals surface area contributed by atoms with Crippen LogP contribution in [0.15, 0.2) is 30.6 Å². The largest absolute Gasteiger partial charge is 0.478 e. The number of carboxylic acids is 1. The lowest BCUT2D eigenvalue weighted by Gasteiger charge is -2.13. The predicted molar refractivity (Wildman–Crippen MR) is 71.9 cm³/mol. The Kier molecular flexibility index (Phi) is 3.67. The Morgan fingerprint density at radius 3 is 2.55 bits per heavy atom. The van der Waals surface area contributed by atoms with Gasteiger partial charge in [0.2, 0.25) is 0 Å². The zero-order valence-electron chi connectivity index (χ0n) is 11.0. The normalized spacial score (nSPS) is 9.85. The van der Waals surface area contributed by atoms with Crippen molar-refractivity contribution in [1.29, 1.82) is 5.26 Å². The number of hydrogen-bond donors (Lipinski definition) is 1. The third kappa shape index (κ3) is 2.59. The SMILES string of the molecule is Cc1cc(C#N)cc(C)c1Oc1cnccc1C(=O)O. The summed E-state index contributed by atoms with van der Waals surface area (Å²) in [5.41, 5.74) is 2.11. The van der Waals surface area contributed by atoms with Gasteiger partial charge in [-0.05, 0) is 43.2 Å². The summed E-state index contributed by atoms with van der Waals surface area (Å²) >= 11 is 0. The van der Waals surface area contributed by atoms with Gasteiger partial charge in [0.1, 0.15) is 11.3 Å². The van der Waals surface area contributed by atoms with E-state index in [1.54, 1.807) is 26.0 Å². The Morgan fingerprint density at radius 1 is 1.35 bits per heavy atom. The Morgan fingerprint density at radius 2 is 2.00 bits per heavy atom. The van der Waals surface area contributed by atoms with Gasteiger partial charge in [-0.25, -0.2) is 4.79 Å². The second-order valence-corrected chi connectivity index (χ2v) is 4.33. The van der Waals surface area contributed by atoms with Crippen molar-refractivity contribution in [3.05, 3.63) is 52.8 Å². The van der Waals surface area contributed by atoms with Crippen molar-refractivity contribution in [2.24, 2.45) is 0 Å². The summed E-state index contributed by atoms with van der Waals surface area (Å²) in [4.78, 5) is 15.0. The number of carboxylic acid groups (broad SMARTS) is 1. The molecule has 1 aromatic carbocycles. The Balaban J connectivity index is 2.46. The third-order valence-corrected chi connectivity index (χ3v) is 2.82. The van der Waals surface area contributed by atoms with E-state index < -0.39 is 5.97 Å². The molecule has 100 valence electrons. The smallest absolute Gasteiger partial charge is 0.339 e. The summed E-state index contributed by atoms with van der Waals surface area (Å²) in [6.45, 7) is 3.61. The fourth-order valence-electron chi connectivity index (χ4n) is 1.92. The molecule has 2 rings (SSSR count). The zero-order chi connectivity index (χ0) is 14.7. The zero-order valence-corrected chi connectivity index (χ0v) is 11.0. The summed E-state index contributed by atoms with van der Waals surface area (Å²) in [6, 6.07) is 6.84. The molecule has 1 heterocycles. The van der Waals surface area contributed by atoms with Gasteiger partial charge in [-0.2, -0.15) is 5.26 Å². The number of hydrogen-bond acceptors (Lipinski definition) is 4. The van der Waals surface area contributed by atoms with Crippen LogP contribution in [0, 0.1) is 25.2 Å². The number of ether oxygens (including phenoxy) is 1.